The molecule has 0 saturated carbocycles. The maximum Gasteiger partial charge on any atom is 0.120 e. The van der Waals surface area contributed by atoms with Gasteiger partial charge in [-0.2, -0.15) is 0 Å². The SMILES string of the molecule is CCOc1ccc2nc(C(N)CO)sc2c1. The Hall–Kier alpha value is -1.17. The standard InChI is InChI=1S/C11H14N2O2S/c1-2-15-7-3-4-9-10(5-7)16-11(13-9)8(12)6-14/h3-5,8,14H,2,6,12H2,1H3. The maximum atomic E-state index is 8.97. The summed E-state index contributed by atoms with van der Waals surface area (Å²) in [5.41, 5.74) is 6.62. The van der Waals surface area contributed by atoms with Crippen LogP contribution in [0.15, 0.2) is 18.2 Å². The van der Waals surface area contributed by atoms with E-state index >= 15 is 0 Å². The molecule has 0 saturated heterocycles. The number of thiazole rings is 1. The molecular formula is C11H14N2O2S. The normalized spacial score (nSPS) is 12.9. The van der Waals surface area contributed by atoms with Gasteiger partial charge in [0, 0.05) is 0 Å². The summed E-state index contributed by atoms with van der Waals surface area (Å²) in [6.45, 7) is 2.51. The van der Waals surface area contributed by atoms with Crippen LogP contribution >= 0.6 is 11.3 Å². The second kappa shape index (κ2) is 4.78. The van der Waals surface area contributed by atoms with Gasteiger partial charge in [0.25, 0.3) is 0 Å². The number of rotatable bonds is 4. The van der Waals surface area contributed by atoms with Gasteiger partial charge in [0.1, 0.15) is 10.8 Å². The molecule has 4 nitrogen and oxygen atoms in total. The average Bonchev–Trinajstić information content (AvgIpc) is 2.71. The van der Waals surface area contributed by atoms with Crippen molar-refractivity contribution in [3.05, 3.63) is 23.2 Å². The number of aromatic nitrogens is 1. The summed E-state index contributed by atoms with van der Waals surface area (Å²) in [4.78, 5) is 4.36. The predicted octanol–water partition coefficient (Wildman–Crippen LogP) is 1.69. The van der Waals surface area contributed by atoms with Gasteiger partial charge in [-0.1, -0.05) is 0 Å². The highest BCUT2D eigenvalue weighted by Gasteiger charge is 2.11. The van der Waals surface area contributed by atoms with E-state index < -0.39 is 6.04 Å². The molecule has 1 atom stereocenters. The van der Waals surface area contributed by atoms with Crippen molar-refractivity contribution in [2.45, 2.75) is 13.0 Å². The number of hydrogen-bond donors (Lipinski definition) is 2. The second-order valence-electron chi connectivity index (χ2n) is 3.40. The summed E-state index contributed by atoms with van der Waals surface area (Å²) in [6, 6.07) is 5.35. The van der Waals surface area contributed by atoms with Crippen LogP contribution in [0.1, 0.15) is 18.0 Å². The zero-order chi connectivity index (χ0) is 11.5. The van der Waals surface area contributed by atoms with E-state index in [1.165, 1.54) is 11.3 Å². The van der Waals surface area contributed by atoms with E-state index in [-0.39, 0.29) is 6.61 Å². The van der Waals surface area contributed by atoms with Gasteiger partial charge in [0.2, 0.25) is 0 Å². The summed E-state index contributed by atoms with van der Waals surface area (Å²) in [5.74, 6) is 0.836. The van der Waals surface area contributed by atoms with Gasteiger partial charge < -0.3 is 15.6 Å². The highest BCUT2D eigenvalue weighted by atomic mass is 32.1. The van der Waals surface area contributed by atoms with E-state index in [2.05, 4.69) is 4.98 Å². The van der Waals surface area contributed by atoms with E-state index in [0.717, 1.165) is 21.0 Å². The van der Waals surface area contributed by atoms with Crippen molar-refractivity contribution in [1.29, 1.82) is 0 Å². The van der Waals surface area contributed by atoms with Crippen LogP contribution in [-0.4, -0.2) is 23.3 Å². The zero-order valence-electron chi connectivity index (χ0n) is 9.01. The molecule has 0 bridgehead atoms. The average molecular weight is 238 g/mol. The van der Waals surface area contributed by atoms with Crippen molar-refractivity contribution < 1.29 is 9.84 Å². The zero-order valence-corrected chi connectivity index (χ0v) is 9.83. The number of nitrogens with zero attached hydrogens (tertiary/aromatic N) is 1. The molecule has 86 valence electrons. The Morgan fingerprint density at radius 3 is 3.06 bits per heavy atom. The molecule has 0 aliphatic rings. The molecule has 0 spiro atoms. The first-order chi connectivity index (χ1) is 7.74. The maximum absolute atomic E-state index is 8.97. The Morgan fingerprint density at radius 1 is 1.56 bits per heavy atom. The molecule has 1 unspecified atom stereocenters. The molecular weight excluding hydrogens is 224 g/mol. The molecule has 1 heterocycles. The minimum Gasteiger partial charge on any atom is -0.494 e. The first-order valence-corrected chi connectivity index (χ1v) is 5.96. The van der Waals surface area contributed by atoms with Crippen molar-refractivity contribution in [2.24, 2.45) is 5.73 Å². The molecule has 1 aromatic carbocycles. The predicted molar refractivity (Wildman–Crippen MR) is 64.8 cm³/mol. The summed E-state index contributed by atoms with van der Waals surface area (Å²) in [5, 5.41) is 9.72. The minimum atomic E-state index is -0.395. The smallest absolute Gasteiger partial charge is 0.120 e. The topological polar surface area (TPSA) is 68.4 Å². The Balaban J connectivity index is 2.38. The molecule has 5 heteroatoms. The lowest BCUT2D eigenvalue weighted by Crippen LogP contribution is -2.13. The fourth-order valence-corrected chi connectivity index (χ4v) is 2.40. The first-order valence-electron chi connectivity index (χ1n) is 5.14. The number of benzene rings is 1. The molecule has 0 aliphatic heterocycles. The van der Waals surface area contributed by atoms with E-state index in [1.807, 2.05) is 25.1 Å². The highest BCUT2D eigenvalue weighted by Crippen LogP contribution is 2.28. The lowest BCUT2D eigenvalue weighted by Gasteiger charge is -2.00. The number of fused-ring (bicyclic) bond motifs is 1. The molecule has 16 heavy (non-hydrogen) atoms. The fourth-order valence-electron chi connectivity index (χ4n) is 1.42. The fraction of sp³-hybridized carbons (Fsp3) is 0.364. The molecule has 0 radical (unpaired) electrons. The number of aliphatic hydroxyl groups excluding tert-OH is 1. The van der Waals surface area contributed by atoms with Gasteiger partial charge in [-0.15, -0.1) is 11.3 Å². The van der Waals surface area contributed by atoms with Crippen LogP contribution in [-0.2, 0) is 0 Å². The Morgan fingerprint density at radius 2 is 2.38 bits per heavy atom. The van der Waals surface area contributed by atoms with Gasteiger partial charge >= 0.3 is 0 Å². The Kier molecular flexibility index (Phi) is 3.38. The third-order valence-corrected chi connectivity index (χ3v) is 3.35. The van der Waals surface area contributed by atoms with Crippen LogP contribution in [0.4, 0.5) is 0 Å². The van der Waals surface area contributed by atoms with E-state index in [4.69, 9.17) is 15.6 Å². The Labute approximate surface area is 97.7 Å². The van der Waals surface area contributed by atoms with Crippen molar-refractivity contribution in [1.82, 2.24) is 4.98 Å². The number of nitrogens with two attached hydrogens (primary N) is 1. The largest absolute Gasteiger partial charge is 0.494 e. The molecule has 3 N–H and O–H groups in total. The van der Waals surface area contributed by atoms with Gasteiger partial charge in [0.15, 0.2) is 0 Å². The molecule has 2 rings (SSSR count). The summed E-state index contributed by atoms with van der Waals surface area (Å²) < 4.78 is 6.44. The van der Waals surface area contributed by atoms with Crippen LogP contribution < -0.4 is 10.5 Å². The third-order valence-electron chi connectivity index (χ3n) is 2.20. The van der Waals surface area contributed by atoms with E-state index in [0.29, 0.717) is 6.61 Å². The second-order valence-corrected chi connectivity index (χ2v) is 4.47. The van der Waals surface area contributed by atoms with Crippen molar-refractivity contribution >= 4 is 21.6 Å². The number of ether oxygens (including phenoxy) is 1. The van der Waals surface area contributed by atoms with Crippen LogP contribution in [0.2, 0.25) is 0 Å². The third kappa shape index (κ3) is 2.16. The monoisotopic (exact) mass is 238 g/mol. The van der Waals surface area contributed by atoms with Crippen molar-refractivity contribution in [3.63, 3.8) is 0 Å². The lowest BCUT2D eigenvalue weighted by molar-refractivity contribution is 0.268. The first kappa shape index (κ1) is 11.3. The molecule has 0 aliphatic carbocycles. The lowest BCUT2D eigenvalue weighted by atomic mass is 10.3. The molecule has 2 aromatic rings. The summed E-state index contributed by atoms with van der Waals surface area (Å²) in [7, 11) is 0. The van der Waals surface area contributed by atoms with Crippen LogP contribution in [0, 0.1) is 0 Å². The van der Waals surface area contributed by atoms with Gasteiger partial charge in [0.05, 0.1) is 29.5 Å². The van der Waals surface area contributed by atoms with E-state index in [9.17, 15) is 0 Å². The molecule has 0 fully saturated rings. The van der Waals surface area contributed by atoms with Gasteiger partial charge in [-0.05, 0) is 25.1 Å². The van der Waals surface area contributed by atoms with Crippen molar-refractivity contribution in [2.75, 3.05) is 13.2 Å². The van der Waals surface area contributed by atoms with Crippen LogP contribution in [0.5, 0.6) is 5.75 Å². The van der Waals surface area contributed by atoms with Crippen molar-refractivity contribution in [3.8, 4) is 5.75 Å². The van der Waals surface area contributed by atoms with E-state index in [1.54, 1.807) is 0 Å². The summed E-state index contributed by atoms with van der Waals surface area (Å²) in [6.07, 6.45) is 0. The van der Waals surface area contributed by atoms with Crippen LogP contribution in [0.3, 0.4) is 0 Å². The minimum absolute atomic E-state index is 0.0852. The summed E-state index contributed by atoms with van der Waals surface area (Å²) >= 11 is 1.49. The number of hydrogen-bond acceptors (Lipinski definition) is 5. The molecule has 1 aromatic heterocycles. The van der Waals surface area contributed by atoms with Gasteiger partial charge in [-0.25, -0.2) is 4.98 Å². The quantitative estimate of drug-likeness (QED) is 0.850. The highest BCUT2D eigenvalue weighted by molar-refractivity contribution is 7.18. The Bertz CT molecular complexity index is 484. The van der Waals surface area contributed by atoms with Crippen LogP contribution in [0.25, 0.3) is 10.2 Å². The number of aliphatic hydroxyl groups is 1. The molecule has 0 amide bonds. The van der Waals surface area contributed by atoms with Gasteiger partial charge in [-0.3, -0.25) is 0 Å².